The fourth-order valence-corrected chi connectivity index (χ4v) is 2.47. The molecule has 1 aromatic heterocycles. The van der Waals surface area contributed by atoms with E-state index >= 15 is 0 Å². The zero-order chi connectivity index (χ0) is 16.0. The van der Waals surface area contributed by atoms with Crippen LogP contribution in [0.15, 0.2) is 12.1 Å². The van der Waals surface area contributed by atoms with E-state index < -0.39 is 29.9 Å². The molecule has 0 aliphatic rings. The molecule has 7 nitrogen and oxygen atoms in total. The molecule has 0 amide bonds. The Bertz CT molecular complexity index is 522. The average Bonchev–Trinajstić information content (AvgIpc) is 2.95. The molecule has 0 aliphatic carbocycles. The van der Waals surface area contributed by atoms with Crippen LogP contribution in [0.25, 0.3) is 0 Å². The second-order valence-electron chi connectivity index (χ2n) is 4.04. The van der Waals surface area contributed by atoms with Crippen LogP contribution in [0, 0.1) is 0 Å². The van der Waals surface area contributed by atoms with Gasteiger partial charge in [-0.05, 0) is 19.1 Å². The third-order valence-corrected chi connectivity index (χ3v) is 3.73. The van der Waals surface area contributed by atoms with Crippen LogP contribution >= 0.6 is 11.3 Å². The SMILES string of the molecule is CCOC(=O)C(=O)c1ccc(C(O)C(O)CC(=O)OC)s1. The number of aliphatic hydroxyl groups is 2. The molecule has 0 saturated heterocycles. The number of aliphatic hydroxyl groups excluding tert-OH is 2. The van der Waals surface area contributed by atoms with Crippen molar-refractivity contribution in [1.82, 2.24) is 0 Å². The van der Waals surface area contributed by atoms with E-state index in [4.69, 9.17) is 0 Å². The Morgan fingerprint density at radius 1 is 1.29 bits per heavy atom. The number of thiophene rings is 1. The number of carbonyl (C=O) groups is 3. The Morgan fingerprint density at radius 3 is 2.52 bits per heavy atom. The normalized spacial score (nSPS) is 13.3. The first-order valence-electron chi connectivity index (χ1n) is 6.14. The Hall–Kier alpha value is -1.77. The quantitative estimate of drug-likeness (QED) is 0.427. The summed E-state index contributed by atoms with van der Waals surface area (Å²) in [5.41, 5.74) is 0. The van der Waals surface area contributed by atoms with Crippen molar-refractivity contribution in [3.8, 4) is 0 Å². The largest absolute Gasteiger partial charge is 0.469 e. The van der Waals surface area contributed by atoms with Gasteiger partial charge in [0.2, 0.25) is 0 Å². The van der Waals surface area contributed by atoms with Gasteiger partial charge in [-0.1, -0.05) is 0 Å². The molecule has 0 fully saturated rings. The Balaban J connectivity index is 2.76. The van der Waals surface area contributed by atoms with E-state index in [1.807, 2.05) is 0 Å². The third kappa shape index (κ3) is 4.62. The highest BCUT2D eigenvalue weighted by Gasteiger charge is 2.26. The molecule has 1 aromatic rings. The number of rotatable bonds is 7. The smallest absolute Gasteiger partial charge is 0.380 e. The summed E-state index contributed by atoms with van der Waals surface area (Å²) in [5, 5.41) is 19.6. The predicted molar refractivity (Wildman–Crippen MR) is 72.9 cm³/mol. The summed E-state index contributed by atoms with van der Waals surface area (Å²) in [7, 11) is 1.17. The summed E-state index contributed by atoms with van der Waals surface area (Å²) >= 11 is 0.854. The molecular formula is C13H16O7S. The van der Waals surface area contributed by atoms with Crippen LogP contribution in [0.4, 0.5) is 0 Å². The van der Waals surface area contributed by atoms with Gasteiger partial charge in [-0.25, -0.2) is 4.79 Å². The van der Waals surface area contributed by atoms with Crippen molar-refractivity contribution in [2.75, 3.05) is 13.7 Å². The van der Waals surface area contributed by atoms with Crippen LogP contribution in [0.3, 0.4) is 0 Å². The van der Waals surface area contributed by atoms with E-state index in [1.54, 1.807) is 6.92 Å². The number of ketones is 1. The van der Waals surface area contributed by atoms with Gasteiger partial charge in [0.25, 0.3) is 5.78 Å². The minimum atomic E-state index is -1.36. The molecule has 0 aliphatic heterocycles. The molecule has 0 bridgehead atoms. The van der Waals surface area contributed by atoms with Crippen LogP contribution in [0.2, 0.25) is 0 Å². The summed E-state index contributed by atoms with van der Waals surface area (Å²) in [6.45, 7) is 1.67. The van der Waals surface area contributed by atoms with E-state index in [2.05, 4.69) is 9.47 Å². The number of hydrogen-bond donors (Lipinski definition) is 2. The Kier molecular flexibility index (Phi) is 6.47. The van der Waals surface area contributed by atoms with Gasteiger partial charge in [0, 0.05) is 4.88 Å². The Morgan fingerprint density at radius 2 is 1.95 bits per heavy atom. The van der Waals surface area contributed by atoms with Crippen molar-refractivity contribution in [2.24, 2.45) is 0 Å². The Labute approximate surface area is 125 Å². The lowest BCUT2D eigenvalue weighted by molar-refractivity contribution is -0.144. The molecule has 116 valence electrons. The highest BCUT2D eigenvalue weighted by atomic mass is 32.1. The second-order valence-corrected chi connectivity index (χ2v) is 5.16. The van der Waals surface area contributed by atoms with Crippen molar-refractivity contribution < 1.29 is 34.1 Å². The van der Waals surface area contributed by atoms with Crippen LogP contribution in [0.1, 0.15) is 34.0 Å². The molecular weight excluding hydrogens is 300 g/mol. The van der Waals surface area contributed by atoms with Crippen molar-refractivity contribution >= 4 is 29.1 Å². The number of esters is 2. The molecule has 0 spiro atoms. The van der Waals surface area contributed by atoms with Crippen molar-refractivity contribution in [3.05, 3.63) is 21.9 Å². The number of carbonyl (C=O) groups excluding carboxylic acids is 3. The lowest BCUT2D eigenvalue weighted by atomic mass is 10.1. The second kappa shape index (κ2) is 7.87. The summed E-state index contributed by atoms with van der Waals surface area (Å²) in [6, 6.07) is 2.76. The maximum absolute atomic E-state index is 11.7. The molecule has 21 heavy (non-hydrogen) atoms. The van der Waals surface area contributed by atoms with Gasteiger partial charge in [0.15, 0.2) is 0 Å². The highest BCUT2D eigenvalue weighted by Crippen LogP contribution is 2.27. The molecule has 1 rings (SSSR count). The topological polar surface area (TPSA) is 110 Å². The van der Waals surface area contributed by atoms with Gasteiger partial charge in [-0.2, -0.15) is 0 Å². The fraction of sp³-hybridized carbons (Fsp3) is 0.462. The molecule has 2 N–H and O–H groups in total. The first-order chi connectivity index (χ1) is 9.90. The van der Waals surface area contributed by atoms with Gasteiger partial charge in [-0.15, -0.1) is 11.3 Å². The minimum Gasteiger partial charge on any atom is -0.469 e. The number of ether oxygens (including phenoxy) is 2. The van der Waals surface area contributed by atoms with Crippen LogP contribution in [-0.4, -0.2) is 47.8 Å². The molecule has 0 aromatic carbocycles. The summed E-state index contributed by atoms with van der Waals surface area (Å²) in [5.74, 6) is -2.46. The van der Waals surface area contributed by atoms with Gasteiger partial charge in [0.1, 0.15) is 6.10 Å². The monoisotopic (exact) mass is 316 g/mol. The average molecular weight is 316 g/mol. The van der Waals surface area contributed by atoms with Gasteiger partial charge < -0.3 is 19.7 Å². The summed E-state index contributed by atoms with van der Waals surface area (Å²) < 4.78 is 8.97. The van der Waals surface area contributed by atoms with E-state index in [9.17, 15) is 24.6 Å². The fourth-order valence-electron chi connectivity index (χ4n) is 1.49. The number of methoxy groups -OCH3 is 1. The first kappa shape index (κ1) is 17.3. The molecule has 1 heterocycles. The first-order valence-corrected chi connectivity index (χ1v) is 6.96. The molecule has 2 unspecified atom stereocenters. The zero-order valence-electron chi connectivity index (χ0n) is 11.6. The number of hydrogen-bond acceptors (Lipinski definition) is 8. The van der Waals surface area contributed by atoms with Crippen molar-refractivity contribution in [1.29, 1.82) is 0 Å². The van der Waals surface area contributed by atoms with E-state index in [-0.39, 0.29) is 22.8 Å². The van der Waals surface area contributed by atoms with E-state index in [0.717, 1.165) is 11.3 Å². The van der Waals surface area contributed by atoms with Crippen molar-refractivity contribution in [2.45, 2.75) is 25.6 Å². The van der Waals surface area contributed by atoms with Gasteiger partial charge in [0.05, 0.1) is 31.1 Å². The number of Topliss-reactive ketones (excluding diaryl/α,β-unsaturated/α-hetero) is 1. The molecule has 0 radical (unpaired) electrons. The molecule has 8 heteroatoms. The van der Waals surface area contributed by atoms with E-state index in [1.165, 1.54) is 19.2 Å². The van der Waals surface area contributed by atoms with Gasteiger partial charge in [-0.3, -0.25) is 9.59 Å². The standard InChI is InChI=1S/C13H16O7S/c1-3-20-13(18)12(17)9-5-4-8(21-9)11(16)7(14)6-10(15)19-2/h4-5,7,11,14,16H,3,6H2,1-2H3. The highest BCUT2D eigenvalue weighted by molar-refractivity contribution is 7.14. The zero-order valence-corrected chi connectivity index (χ0v) is 12.4. The lowest BCUT2D eigenvalue weighted by Crippen LogP contribution is -2.22. The molecule has 2 atom stereocenters. The summed E-state index contributed by atoms with van der Waals surface area (Å²) in [6.07, 6.45) is -3.09. The third-order valence-electron chi connectivity index (χ3n) is 2.57. The maximum Gasteiger partial charge on any atom is 0.380 e. The van der Waals surface area contributed by atoms with Gasteiger partial charge >= 0.3 is 11.9 Å². The van der Waals surface area contributed by atoms with Crippen molar-refractivity contribution in [3.63, 3.8) is 0 Å². The predicted octanol–water partition coefficient (Wildman–Crippen LogP) is 0.451. The summed E-state index contributed by atoms with van der Waals surface area (Å²) in [4.78, 5) is 34.4. The van der Waals surface area contributed by atoms with Crippen LogP contribution < -0.4 is 0 Å². The minimum absolute atomic E-state index is 0.0866. The maximum atomic E-state index is 11.7. The molecule has 0 saturated carbocycles. The van der Waals surface area contributed by atoms with Crippen LogP contribution in [-0.2, 0) is 19.1 Å². The lowest BCUT2D eigenvalue weighted by Gasteiger charge is -2.15. The van der Waals surface area contributed by atoms with Crippen LogP contribution in [0.5, 0.6) is 0 Å². The van der Waals surface area contributed by atoms with E-state index in [0.29, 0.717) is 0 Å².